The number of aryl methyl sites for hydroxylation is 1. The van der Waals surface area contributed by atoms with E-state index >= 15 is 0 Å². The molecule has 0 atom stereocenters. The fourth-order valence-corrected chi connectivity index (χ4v) is 4.46. The Bertz CT molecular complexity index is 1310. The van der Waals surface area contributed by atoms with E-state index in [4.69, 9.17) is 34.8 Å². The molecule has 0 bridgehead atoms. The lowest BCUT2D eigenvalue weighted by Gasteiger charge is -2.13. The number of benzene rings is 1. The summed E-state index contributed by atoms with van der Waals surface area (Å²) >= 11 is 18.5. The van der Waals surface area contributed by atoms with Crippen LogP contribution in [0.25, 0.3) is 0 Å². The second-order valence-electron chi connectivity index (χ2n) is 7.74. The number of unbranched alkanes of at least 4 members (excludes halogenated alkanes) is 1. The number of fused-ring (bicyclic) bond motifs is 1. The lowest BCUT2D eigenvalue weighted by Crippen LogP contribution is -2.41. The molecular formula is C21H22Cl3N7O2. The van der Waals surface area contributed by atoms with Crippen LogP contribution in [0.15, 0.2) is 32.8 Å². The van der Waals surface area contributed by atoms with Crippen molar-refractivity contribution in [3.05, 3.63) is 66.0 Å². The number of nitrogens with zero attached hydrogens (tertiary/aromatic N) is 7. The van der Waals surface area contributed by atoms with Crippen LogP contribution in [0.3, 0.4) is 0 Å². The fourth-order valence-electron chi connectivity index (χ4n) is 3.71. The zero-order chi connectivity index (χ0) is 23.5. The van der Waals surface area contributed by atoms with E-state index in [1.165, 1.54) is 9.36 Å². The van der Waals surface area contributed by atoms with E-state index < -0.39 is 0 Å². The molecule has 0 N–H and O–H groups in total. The van der Waals surface area contributed by atoms with Gasteiger partial charge < -0.3 is 0 Å². The zero-order valence-corrected chi connectivity index (χ0v) is 20.2. The molecule has 174 valence electrons. The van der Waals surface area contributed by atoms with Gasteiger partial charge in [-0.25, -0.2) is 9.79 Å². The van der Waals surface area contributed by atoms with Crippen molar-refractivity contribution in [1.29, 1.82) is 0 Å². The van der Waals surface area contributed by atoms with E-state index in [2.05, 4.69) is 20.4 Å². The second-order valence-corrected chi connectivity index (χ2v) is 8.99. The van der Waals surface area contributed by atoms with Gasteiger partial charge in [0.25, 0.3) is 5.56 Å². The highest BCUT2D eigenvalue weighted by Gasteiger charge is 2.24. The van der Waals surface area contributed by atoms with Crippen molar-refractivity contribution in [2.24, 2.45) is 4.99 Å². The van der Waals surface area contributed by atoms with Gasteiger partial charge in [0, 0.05) is 36.0 Å². The van der Waals surface area contributed by atoms with Gasteiger partial charge in [0.2, 0.25) is 0 Å². The maximum Gasteiger partial charge on any atom is 0.332 e. The Morgan fingerprint density at radius 3 is 2.45 bits per heavy atom. The van der Waals surface area contributed by atoms with Gasteiger partial charge in [-0.05, 0) is 35.8 Å². The molecule has 0 saturated heterocycles. The smallest absolute Gasteiger partial charge is 0.278 e. The zero-order valence-electron chi connectivity index (χ0n) is 18.0. The molecule has 0 fully saturated rings. The van der Waals surface area contributed by atoms with Crippen molar-refractivity contribution in [3.8, 4) is 0 Å². The van der Waals surface area contributed by atoms with Crippen LogP contribution in [0.1, 0.15) is 43.1 Å². The lowest BCUT2D eigenvalue weighted by molar-refractivity contribution is 0.448. The minimum atomic E-state index is -0.372. The van der Waals surface area contributed by atoms with E-state index in [1.54, 1.807) is 22.8 Å². The van der Waals surface area contributed by atoms with E-state index in [0.717, 1.165) is 18.4 Å². The maximum absolute atomic E-state index is 13.0. The Morgan fingerprint density at radius 2 is 1.73 bits per heavy atom. The molecule has 0 unspecified atom stereocenters. The van der Waals surface area contributed by atoms with Gasteiger partial charge in [0.05, 0.1) is 12.1 Å². The van der Waals surface area contributed by atoms with Gasteiger partial charge in [-0.1, -0.05) is 54.2 Å². The molecule has 3 aromatic rings. The summed E-state index contributed by atoms with van der Waals surface area (Å²) in [4.78, 5) is 31.6. The average Bonchev–Trinajstić information content (AvgIpc) is 3.39. The highest BCUT2D eigenvalue weighted by atomic mass is 35.5. The third kappa shape index (κ3) is 5.05. The van der Waals surface area contributed by atoms with Crippen molar-refractivity contribution in [1.82, 2.24) is 29.3 Å². The Labute approximate surface area is 204 Å². The number of hydrogen-bond acceptors (Lipinski definition) is 6. The first-order chi connectivity index (χ1) is 15.9. The topological polar surface area (TPSA) is 100.0 Å². The highest BCUT2D eigenvalue weighted by Crippen LogP contribution is 2.26. The first kappa shape index (κ1) is 23.7. The van der Waals surface area contributed by atoms with Gasteiger partial charge in [-0.3, -0.25) is 13.9 Å². The van der Waals surface area contributed by atoms with Crippen LogP contribution in [0, 0.1) is 0 Å². The standard InChI is InChI=1S/C21H22Cl3N7O2/c1-2-3-8-29-19-14(11-17(24)25-19)20(32)30(21(29)33)9-5-10-31-27-18(26-28-31)12-13-15(22)6-4-7-16(13)23/h4,6-7H,2-3,5,8-12H2,1H3. The SMILES string of the molecule is CCCCn1c2c(c(=O)n(CCCn3nnc(Cc4c(Cl)cccc4Cl)n3)c1=O)CC(Cl)=N2. The van der Waals surface area contributed by atoms with Crippen molar-refractivity contribution in [2.75, 3.05) is 0 Å². The summed E-state index contributed by atoms with van der Waals surface area (Å²) in [7, 11) is 0. The van der Waals surface area contributed by atoms with Crippen molar-refractivity contribution < 1.29 is 0 Å². The molecule has 0 saturated carbocycles. The summed E-state index contributed by atoms with van der Waals surface area (Å²) in [5, 5.41) is 13.9. The van der Waals surface area contributed by atoms with E-state index in [9.17, 15) is 9.59 Å². The van der Waals surface area contributed by atoms with E-state index in [1.807, 2.05) is 6.92 Å². The second kappa shape index (κ2) is 10.2. The molecular weight excluding hydrogens is 489 g/mol. The van der Waals surface area contributed by atoms with Crippen LogP contribution < -0.4 is 11.2 Å². The molecule has 1 aliphatic rings. The number of tetrazole rings is 1. The highest BCUT2D eigenvalue weighted by molar-refractivity contribution is 6.66. The minimum Gasteiger partial charge on any atom is -0.278 e. The van der Waals surface area contributed by atoms with Crippen molar-refractivity contribution in [2.45, 2.75) is 58.7 Å². The van der Waals surface area contributed by atoms with E-state index in [0.29, 0.717) is 58.4 Å². The summed E-state index contributed by atoms with van der Waals surface area (Å²) in [6, 6.07) is 5.29. The largest absolute Gasteiger partial charge is 0.332 e. The predicted molar refractivity (Wildman–Crippen MR) is 128 cm³/mol. The number of halogens is 3. The maximum atomic E-state index is 13.0. The van der Waals surface area contributed by atoms with Crippen molar-refractivity contribution >= 4 is 45.8 Å². The van der Waals surface area contributed by atoms with Crippen LogP contribution in [-0.2, 0) is 32.5 Å². The summed E-state index contributed by atoms with van der Waals surface area (Å²) in [5.41, 5.74) is 0.484. The monoisotopic (exact) mass is 509 g/mol. The quantitative estimate of drug-likeness (QED) is 0.438. The number of rotatable bonds is 9. The van der Waals surface area contributed by atoms with Gasteiger partial charge in [0.1, 0.15) is 11.0 Å². The summed E-state index contributed by atoms with van der Waals surface area (Å²) < 4.78 is 2.80. The molecule has 4 rings (SSSR count). The summed E-state index contributed by atoms with van der Waals surface area (Å²) in [5.74, 6) is 0.869. The normalized spacial score (nSPS) is 12.8. The first-order valence-electron chi connectivity index (χ1n) is 10.7. The Kier molecular flexibility index (Phi) is 7.31. The van der Waals surface area contributed by atoms with Gasteiger partial charge >= 0.3 is 5.69 Å². The number of aromatic nitrogens is 6. The predicted octanol–water partition coefficient (Wildman–Crippen LogP) is 3.61. The Balaban J connectivity index is 1.47. The summed E-state index contributed by atoms with van der Waals surface area (Å²) in [6.45, 7) is 3.14. The Hall–Kier alpha value is -2.49. The molecule has 3 heterocycles. The van der Waals surface area contributed by atoms with Crippen LogP contribution in [0.4, 0.5) is 5.82 Å². The fraction of sp³-hybridized carbons (Fsp3) is 0.429. The molecule has 12 heteroatoms. The Morgan fingerprint density at radius 1 is 1.00 bits per heavy atom. The molecule has 0 aliphatic carbocycles. The molecule has 0 spiro atoms. The number of aliphatic imine (C=N–C) groups is 1. The molecule has 0 amide bonds. The molecule has 1 aliphatic heterocycles. The average molecular weight is 511 g/mol. The first-order valence-corrected chi connectivity index (χ1v) is 11.8. The molecule has 2 aromatic heterocycles. The van der Waals surface area contributed by atoms with Gasteiger partial charge in [-0.15, -0.1) is 10.2 Å². The van der Waals surface area contributed by atoms with Gasteiger partial charge in [-0.2, -0.15) is 4.80 Å². The molecule has 33 heavy (non-hydrogen) atoms. The minimum absolute atomic E-state index is 0.224. The third-order valence-electron chi connectivity index (χ3n) is 5.41. The third-order valence-corrected chi connectivity index (χ3v) is 6.33. The summed E-state index contributed by atoms with van der Waals surface area (Å²) in [6.07, 6.45) is 2.79. The van der Waals surface area contributed by atoms with Gasteiger partial charge in [0.15, 0.2) is 5.82 Å². The molecule has 1 aromatic carbocycles. The van der Waals surface area contributed by atoms with Crippen molar-refractivity contribution in [3.63, 3.8) is 0 Å². The molecule has 0 radical (unpaired) electrons. The van der Waals surface area contributed by atoms with Crippen LogP contribution in [0.5, 0.6) is 0 Å². The van der Waals surface area contributed by atoms with E-state index in [-0.39, 0.29) is 24.2 Å². The number of hydrogen-bond donors (Lipinski definition) is 0. The van der Waals surface area contributed by atoms with Crippen LogP contribution in [0.2, 0.25) is 10.0 Å². The van der Waals surface area contributed by atoms with Crippen LogP contribution in [-0.4, -0.2) is 34.5 Å². The lowest BCUT2D eigenvalue weighted by atomic mass is 10.1. The molecule has 9 nitrogen and oxygen atoms in total. The van der Waals surface area contributed by atoms with Crippen LogP contribution >= 0.6 is 34.8 Å².